The normalized spacial score (nSPS) is 15.6. The van der Waals surface area contributed by atoms with Crippen LogP contribution in [0.1, 0.15) is 89.5 Å². The Hall–Kier alpha value is -2.38. The number of para-hydroxylation sites is 2. The Kier molecular flexibility index (Phi) is 11.8. The maximum atomic E-state index is 13.0. The van der Waals surface area contributed by atoms with Crippen LogP contribution in [0.25, 0.3) is 0 Å². The molecule has 0 aliphatic carbocycles. The molecule has 0 radical (unpaired) electrons. The first-order chi connectivity index (χ1) is 17.5. The summed E-state index contributed by atoms with van der Waals surface area (Å²) in [6.07, 6.45) is 15.8. The van der Waals surface area contributed by atoms with Crippen molar-refractivity contribution >= 4 is 27.3 Å². The van der Waals surface area contributed by atoms with Crippen molar-refractivity contribution in [2.75, 3.05) is 16.6 Å². The summed E-state index contributed by atoms with van der Waals surface area (Å²) in [4.78, 5) is 12.7. The average Bonchev–Trinajstić information content (AvgIpc) is 3.42. The summed E-state index contributed by atoms with van der Waals surface area (Å²) in [6.45, 7) is 3.07. The molecule has 0 saturated carbocycles. The number of carbonyl (C=O) groups excluding carboxylic acids is 1. The van der Waals surface area contributed by atoms with E-state index < -0.39 is 10.0 Å². The highest BCUT2D eigenvalue weighted by Crippen LogP contribution is 2.25. The second-order valence-corrected chi connectivity index (χ2v) is 11.5. The van der Waals surface area contributed by atoms with Crippen LogP contribution in [-0.4, -0.2) is 26.9 Å². The maximum absolute atomic E-state index is 13.0. The molecule has 1 amide bonds. The number of benzene rings is 2. The van der Waals surface area contributed by atoms with E-state index in [4.69, 9.17) is 0 Å². The maximum Gasteiger partial charge on any atom is 0.261 e. The summed E-state index contributed by atoms with van der Waals surface area (Å²) in [7, 11) is -3.77. The van der Waals surface area contributed by atoms with Crippen molar-refractivity contribution in [1.29, 1.82) is 0 Å². The third kappa shape index (κ3) is 9.25. The lowest BCUT2D eigenvalue weighted by Crippen LogP contribution is -2.35. The first-order valence-corrected chi connectivity index (χ1v) is 15.2. The second kappa shape index (κ2) is 15.0. The van der Waals surface area contributed by atoms with Crippen LogP contribution in [0, 0.1) is 0 Å². The van der Waals surface area contributed by atoms with Crippen molar-refractivity contribution in [1.82, 2.24) is 5.32 Å². The monoisotopic (exact) mass is 513 g/mol. The molecule has 1 fully saturated rings. The molecular weight excluding hydrogens is 470 g/mol. The summed E-state index contributed by atoms with van der Waals surface area (Å²) in [6, 6.07) is 13.8. The van der Waals surface area contributed by atoms with E-state index in [0.29, 0.717) is 11.4 Å². The van der Waals surface area contributed by atoms with E-state index in [1.54, 1.807) is 36.4 Å². The fraction of sp³-hybridized carbons (Fsp3) is 0.552. The van der Waals surface area contributed by atoms with Gasteiger partial charge in [-0.25, -0.2) is 8.42 Å². The summed E-state index contributed by atoms with van der Waals surface area (Å²) in [5, 5.41) is 6.02. The van der Waals surface area contributed by atoms with Crippen LogP contribution < -0.4 is 15.4 Å². The van der Waals surface area contributed by atoms with E-state index in [9.17, 15) is 13.2 Å². The van der Waals surface area contributed by atoms with Gasteiger partial charge in [0.2, 0.25) is 5.91 Å². The van der Waals surface area contributed by atoms with Crippen molar-refractivity contribution in [3.8, 4) is 0 Å². The van der Waals surface area contributed by atoms with Crippen LogP contribution >= 0.6 is 0 Å². The van der Waals surface area contributed by atoms with E-state index in [0.717, 1.165) is 37.8 Å². The van der Waals surface area contributed by atoms with Crippen LogP contribution in [0.2, 0.25) is 0 Å². The zero-order chi connectivity index (χ0) is 25.6. The van der Waals surface area contributed by atoms with Crippen LogP contribution in [0.3, 0.4) is 0 Å². The van der Waals surface area contributed by atoms with Gasteiger partial charge in [0.25, 0.3) is 10.0 Å². The van der Waals surface area contributed by atoms with Crippen molar-refractivity contribution in [3.63, 3.8) is 0 Å². The standard InChI is InChI=1S/C29H43N3O3S/c1-2-3-4-5-6-7-8-9-10-11-15-24-19-21-25(22-20-24)36(34,35)32-27-17-13-12-16-26(27)31-29(33)28-18-14-23-30-28/h12-13,16-17,19-22,28,30,32H,2-11,14-15,18,23H2,1H3,(H,31,33)/t28-/m0/s1. The van der Waals surface area contributed by atoms with Gasteiger partial charge in [0.15, 0.2) is 0 Å². The molecule has 0 spiro atoms. The highest BCUT2D eigenvalue weighted by Gasteiger charge is 2.23. The van der Waals surface area contributed by atoms with Crippen LogP contribution in [0.4, 0.5) is 11.4 Å². The number of unbranched alkanes of at least 4 members (excludes halogenated alkanes) is 9. The Bertz CT molecular complexity index is 1030. The Morgan fingerprint density at radius 3 is 2.08 bits per heavy atom. The number of hydrogen-bond acceptors (Lipinski definition) is 4. The van der Waals surface area contributed by atoms with E-state index in [-0.39, 0.29) is 16.8 Å². The van der Waals surface area contributed by atoms with E-state index in [1.807, 2.05) is 12.1 Å². The summed E-state index contributed by atoms with van der Waals surface area (Å²) in [5.74, 6) is -0.143. The fourth-order valence-electron chi connectivity index (χ4n) is 4.66. The predicted molar refractivity (Wildman–Crippen MR) is 149 cm³/mol. The van der Waals surface area contributed by atoms with Gasteiger partial charge in [-0.3, -0.25) is 9.52 Å². The highest BCUT2D eigenvalue weighted by molar-refractivity contribution is 7.92. The number of hydrogen-bond donors (Lipinski definition) is 3. The molecule has 7 heteroatoms. The van der Waals surface area contributed by atoms with Gasteiger partial charge in [-0.2, -0.15) is 0 Å². The zero-order valence-corrected chi connectivity index (χ0v) is 22.5. The molecule has 3 N–H and O–H groups in total. The summed E-state index contributed by atoms with van der Waals surface area (Å²) in [5.41, 5.74) is 1.97. The minimum Gasteiger partial charge on any atom is -0.323 e. The Morgan fingerprint density at radius 1 is 0.861 bits per heavy atom. The highest BCUT2D eigenvalue weighted by atomic mass is 32.2. The third-order valence-corrected chi connectivity index (χ3v) is 8.24. The van der Waals surface area contributed by atoms with E-state index in [2.05, 4.69) is 22.3 Å². The number of nitrogens with one attached hydrogen (secondary N) is 3. The zero-order valence-electron chi connectivity index (χ0n) is 21.7. The fourth-order valence-corrected chi connectivity index (χ4v) is 5.74. The average molecular weight is 514 g/mol. The van der Waals surface area contributed by atoms with Gasteiger partial charge in [-0.05, 0) is 62.1 Å². The van der Waals surface area contributed by atoms with Crippen LogP contribution in [-0.2, 0) is 21.2 Å². The van der Waals surface area contributed by atoms with Gasteiger partial charge in [0.05, 0.1) is 22.3 Å². The van der Waals surface area contributed by atoms with Crippen LogP contribution in [0.15, 0.2) is 53.4 Å². The molecule has 2 aromatic rings. The van der Waals surface area contributed by atoms with E-state index in [1.165, 1.54) is 57.8 Å². The summed E-state index contributed by atoms with van der Waals surface area (Å²) < 4.78 is 28.7. The van der Waals surface area contributed by atoms with Gasteiger partial charge in [-0.1, -0.05) is 89.0 Å². The molecule has 1 aliphatic rings. The summed E-state index contributed by atoms with van der Waals surface area (Å²) >= 11 is 0. The van der Waals surface area contributed by atoms with Crippen molar-refractivity contribution in [2.45, 2.75) is 101 Å². The molecular formula is C29H43N3O3S. The number of sulfonamides is 1. The van der Waals surface area contributed by atoms with Gasteiger partial charge in [0, 0.05) is 0 Å². The SMILES string of the molecule is CCCCCCCCCCCCc1ccc(S(=O)(=O)Nc2ccccc2NC(=O)[C@@H]2CCCN2)cc1. The molecule has 6 nitrogen and oxygen atoms in total. The Labute approximate surface area is 217 Å². The Morgan fingerprint density at radius 2 is 1.47 bits per heavy atom. The quantitative estimate of drug-likeness (QED) is 0.220. The van der Waals surface area contributed by atoms with Gasteiger partial charge >= 0.3 is 0 Å². The molecule has 1 heterocycles. The molecule has 36 heavy (non-hydrogen) atoms. The molecule has 1 saturated heterocycles. The lowest BCUT2D eigenvalue weighted by molar-refractivity contribution is -0.117. The molecule has 1 aliphatic heterocycles. The van der Waals surface area contributed by atoms with Crippen molar-refractivity contribution in [3.05, 3.63) is 54.1 Å². The lowest BCUT2D eigenvalue weighted by atomic mass is 10.0. The first kappa shape index (κ1) is 28.2. The lowest BCUT2D eigenvalue weighted by Gasteiger charge is -2.16. The molecule has 0 bridgehead atoms. The molecule has 0 aromatic heterocycles. The van der Waals surface area contributed by atoms with Gasteiger partial charge < -0.3 is 10.6 Å². The van der Waals surface area contributed by atoms with Crippen molar-refractivity contribution in [2.24, 2.45) is 0 Å². The molecule has 2 aromatic carbocycles. The van der Waals surface area contributed by atoms with Crippen molar-refractivity contribution < 1.29 is 13.2 Å². The van der Waals surface area contributed by atoms with Gasteiger partial charge in [-0.15, -0.1) is 0 Å². The first-order valence-electron chi connectivity index (χ1n) is 13.7. The van der Waals surface area contributed by atoms with E-state index >= 15 is 0 Å². The number of rotatable bonds is 16. The molecule has 3 rings (SSSR count). The predicted octanol–water partition coefficient (Wildman–Crippen LogP) is 6.64. The Balaban J connectivity index is 1.45. The number of anilines is 2. The second-order valence-electron chi connectivity index (χ2n) is 9.87. The third-order valence-electron chi connectivity index (χ3n) is 6.86. The van der Waals surface area contributed by atoms with Gasteiger partial charge in [0.1, 0.15) is 0 Å². The number of carbonyl (C=O) groups is 1. The molecule has 0 unspecified atom stereocenters. The largest absolute Gasteiger partial charge is 0.323 e. The smallest absolute Gasteiger partial charge is 0.261 e. The topological polar surface area (TPSA) is 87.3 Å². The minimum absolute atomic E-state index is 0.143. The molecule has 198 valence electrons. The minimum atomic E-state index is -3.77. The number of amides is 1. The molecule has 1 atom stereocenters. The van der Waals surface area contributed by atoms with Crippen LogP contribution in [0.5, 0.6) is 0 Å². The number of aryl methyl sites for hydroxylation is 1.